The number of carboxylic acid groups (broad SMARTS) is 1. The number of alkyl halides is 3. The molecular formula is C27H29ClF3N7O4S. The molecule has 3 aromatic rings. The molecule has 3 heterocycles. The van der Waals surface area contributed by atoms with Crippen molar-refractivity contribution in [1.29, 1.82) is 0 Å². The van der Waals surface area contributed by atoms with Crippen molar-refractivity contribution < 1.29 is 31.5 Å². The second-order valence-corrected chi connectivity index (χ2v) is 12.3. The number of hydrogen-bond donors (Lipinski definition) is 3. The maximum Gasteiger partial charge on any atom is 0.490 e. The van der Waals surface area contributed by atoms with Crippen LogP contribution in [-0.2, 0) is 14.8 Å². The van der Waals surface area contributed by atoms with Crippen LogP contribution in [0.2, 0.25) is 0 Å². The topological polar surface area (TPSA) is 135 Å². The summed E-state index contributed by atoms with van der Waals surface area (Å²) in [5, 5.41) is 12.5. The highest BCUT2D eigenvalue weighted by atomic mass is 35.5. The number of hydrogen-bond acceptors (Lipinski definition) is 8. The van der Waals surface area contributed by atoms with E-state index in [0.717, 1.165) is 54.4 Å². The van der Waals surface area contributed by atoms with Crippen LogP contribution in [0.5, 0.6) is 0 Å². The number of halogens is 4. The van der Waals surface area contributed by atoms with Crippen LogP contribution in [0, 0.1) is 0 Å². The summed E-state index contributed by atoms with van der Waals surface area (Å²) in [6.07, 6.45) is -2.32. The summed E-state index contributed by atoms with van der Waals surface area (Å²) in [5.74, 6) is -1.92. The third kappa shape index (κ3) is 8.06. The molecule has 0 aliphatic carbocycles. The highest BCUT2D eigenvalue weighted by molar-refractivity contribution is 7.92. The molecule has 2 aliphatic heterocycles. The van der Waals surface area contributed by atoms with Crippen LogP contribution in [0.4, 0.5) is 30.5 Å². The van der Waals surface area contributed by atoms with Crippen molar-refractivity contribution in [3.8, 4) is 0 Å². The third-order valence-electron chi connectivity index (χ3n) is 6.66. The van der Waals surface area contributed by atoms with Gasteiger partial charge in [-0.05, 0) is 48.2 Å². The molecule has 0 amide bonds. The summed E-state index contributed by atoms with van der Waals surface area (Å²) in [6, 6.07) is 15.7. The Hall–Kier alpha value is -4.08. The van der Waals surface area contributed by atoms with Crippen molar-refractivity contribution in [2.24, 2.45) is 0 Å². The molecule has 6 bridgehead atoms. The van der Waals surface area contributed by atoms with Crippen LogP contribution in [0.3, 0.4) is 0 Å². The van der Waals surface area contributed by atoms with E-state index in [-0.39, 0.29) is 0 Å². The number of fused-ring (bicyclic) bond motifs is 6. The van der Waals surface area contributed by atoms with Crippen molar-refractivity contribution in [2.45, 2.75) is 6.18 Å². The van der Waals surface area contributed by atoms with Gasteiger partial charge < -0.3 is 25.2 Å². The van der Waals surface area contributed by atoms with Gasteiger partial charge in [0.2, 0.25) is 16.0 Å². The quantitative estimate of drug-likeness (QED) is 0.378. The Morgan fingerprint density at radius 2 is 1.70 bits per heavy atom. The fraction of sp³-hybridized carbons (Fsp3) is 0.296. The predicted molar refractivity (Wildman–Crippen MR) is 162 cm³/mol. The van der Waals surface area contributed by atoms with Gasteiger partial charge in [0.05, 0.1) is 28.0 Å². The zero-order valence-electron chi connectivity index (χ0n) is 23.4. The molecular weight excluding hydrogens is 611 g/mol. The zero-order chi connectivity index (χ0) is 31.5. The second kappa shape index (κ2) is 12.7. The van der Waals surface area contributed by atoms with Crippen molar-refractivity contribution in [1.82, 2.24) is 19.9 Å². The summed E-state index contributed by atoms with van der Waals surface area (Å²) < 4.78 is 57.5. The number of benzene rings is 2. The average Bonchev–Trinajstić information content (AvgIpc) is 2.93. The van der Waals surface area contributed by atoms with E-state index in [0.29, 0.717) is 28.0 Å². The summed E-state index contributed by atoms with van der Waals surface area (Å²) in [7, 11) is 0.153. The fourth-order valence-corrected chi connectivity index (χ4v) is 4.90. The van der Waals surface area contributed by atoms with E-state index in [1.54, 1.807) is 12.3 Å². The Kier molecular flexibility index (Phi) is 9.37. The first kappa shape index (κ1) is 31.8. The van der Waals surface area contributed by atoms with Gasteiger partial charge in [-0.15, -0.1) is 0 Å². The van der Waals surface area contributed by atoms with E-state index in [9.17, 15) is 21.6 Å². The van der Waals surface area contributed by atoms with Gasteiger partial charge >= 0.3 is 12.1 Å². The number of aliphatic carboxylic acids is 1. The lowest BCUT2D eigenvalue weighted by atomic mass is 10.1. The Morgan fingerprint density at radius 3 is 2.33 bits per heavy atom. The molecule has 16 heteroatoms. The van der Waals surface area contributed by atoms with Crippen LogP contribution < -0.4 is 14.5 Å². The minimum atomic E-state index is -5.08. The summed E-state index contributed by atoms with van der Waals surface area (Å²) in [5.41, 5.74) is 2.83. The molecule has 1 saturated heterocycles. The van der Waals surface area contributed by atoms with Crippen molar-refractivity contribution >= 4 is 71.8 Å². The first-order chi connectivity index (χ1) is 20.1. The van der Waals surface area contributed by atoms with Crippen LogP contribution in [0.25, 0.3) is 26.8 Å². The van der Waals surface area contributed by atoms with Crippen molar-refractivity contribution in [2.75, 3.05) is 61.1 Å². The first-order valence-electron chi connectivity index (χ1n) is 12.8. The summed E-state index contributed by atoms with van der Waals surface area (Å²) >= 11 is 6.42. The van der Waals surface area contributed by atoms with Gasteiger partial charge in [0.25, 0.3) is 0 Å². The lowest BCUT2D eigenvalue weighted by Crippen LogP contribution is -2.44. The fourth-order valence-electron chi connectivity index (χ4n) is 4.24. The molecule has 0 saturated carbocycles. The lowest BCUT2D eigenvalue weighted by molar-refractivity contribution is -0.192. The number of aromatic amines is 1. The molecule has 0 radical (unpaired) electrons. The van der Waals surface area contributed by atoms with Gasteiger partial charge in [0.1, 0.15) is 0 Å². The molecule has 1 fully saturated rings. The molecule has 3 N–H and O–H groups in total. The smallest absolute Gasteiger partial charge is 0.475 e. The number of anilines is 3. The normalized spacial score (nSPS) is 15.0. The van der Waals surface area contributed by atoms with Crippen LogP contribution >= 0.6 is 11.6 Å². The Morgan fingerprint density at radius 1 is 1.05 bits per heavy atom. The van der Waals surface area contributed by atoms with E-state index in [4.69, 9.17) is 31.5 Å². The van der Waals surface area contributed by atoms with Gasteiger partial charge in [-0.25, -0.2) is 23.2 Å². The standard InChI is InChI=1S/C25H28ClN7O2S.C2HF3O2/c1-31-10-12-33(13-11-31)22-9-7-19-15-18(22)6-4-17-5-8-23(32(2)36(3,34)35)21(14-17)29-24-20(26)16-27-25(28-19)30-24;3-2(4,5)1(6)7/h4-9,14-16H,10-13H2,1-3H3,(H2,27,28,29,30);(H,6,7). The van der Waals surface area contributed by atoms with E-state index in [2.05, 4.69) is 45.3 Å². The van der Waals surface area contributed by atoms with Crippen LogP contribution in [0.1, 0.15) is 5.82 Å². The lowest BCUT2D eigenvalue weighted by Gasteiger charge is -2.34. The largest absolute Gasteiger partial charge is 0.490 e. The molecule has 0 spiro atoms. The minimum absolute atomic E-state index is 0.351. The Labute approximate surface area is 250 Å². The molecule has 5 rings (SSSR count). The number of piperazine rings is 1. The second-order valence-electron chi connectivity index (χ2n) is 9.83. The number of likely N-dealkylation sites (N-methyl/N-ethyl adjacent to an activating group) is 1. The first-order valence-corrected chi connectivity index (χ1v) is 15.0. The molecule has 43 heavy (non-hydrogen) atoms. The maximum absolute atomic E-state index is 12.3. The summed E-state index contributed by atoms with van der Waals surface area (Å²) in [6.45, 7) is 3.91. The van der Waals surface area contributed by atoms with Gasteiger partial charge in [0, 0.05) is 45.1 Å². The monoisotopic (exact) mass is 639 g/mol. The highest BCUT2D eigenvalue weighted by Gasteiger charge is 2.38. The van der Waals surface area contributed by atoms with E-state index in [1.165, 1.54) is 11.4 Å². The minimum Gasteiger partial charge on any atom is -0.475 e. The van der Waals surface area contributed by atoms with E-state index < -0.39 is 22.2 Å². The molecule has 11 nitrogen and oxygen atoms in total. The molecule has 2 aliphatic rings. The average molecular weight is 640 g/mol. The number of sulfonamides is 1. The van der Waals surface area contributed by atoms with Gasteiger partial charge in [-0.2, -0.15) is 13.2 Å². The van der Waals surface area contributed by atoms with Gasteiger partial charge in [0.15, 0.2) is 5.82 Å². The SMILES string of the molecule is CN1CCN(c2ccc3cc2ccc2ccc(N(C)S(C)(=O)=O)c(c2)nc2[nH]c(n3)NC=C2Cl)CC1.O=C(O)C(F)(F)F. The maximum atomic E-state index is 12.3. The number of nitrogens with zero attached hydrogens (tertiary/aromatic N) is 5. The molecule has 0 unspecified atom stereocenters. The highest BCUT2D eigenvalue weighted by Crippen LogP contribution is 2.28. The number of nitrogens with one attached hydrogen (secondary N) is 2. The Balaban J connectivity index is 0.000000541. The van der Waals surface area contributed by atoms with E-state index >= 15 is 0 Å². The predicted octanol–water partition coefficient (Wildman–Crippen LogP) is 4.54. The Bertz CT molecular complexity index is 1770. The van der Waals surface area contributed by atoms with Crippen molar-refractivity contribution in [3.05, 3.63) is 60.6 Å². The third-order valence-corrected chi connectivity index (χ3v) is 8.14. The summed E-state index contributed by atoms with van der Waals surface area (Å²) in [4.78, 5) is 26.2. The molecule has 230 valence electrons. The number of carbonyl (C=O) groups is 1. The molecule has 1 aromatic heterocycles. The number of carboxylic acids is 1. The van der Waals surface area contributed by atoms with Crippen molar-refractivity contribution in [3.63, 3.8) is 0 Å². The van der Waals surface area contributed by atoms with Crippen LogP contribution in [-0.4, -0.2) is 92.1 Å². The molecule has 0 atom stereocenters. The molecule has 2 aromatic carbocycles. The van der Waals surface area contributed by atoms with Gasteiger partial charge in [-0.3, -0.25) is 4.31 Å². The number of H-pyrrole nitrogens is 1. The number of aromatic nitrogens is 3. The number of rotatable bonds is 3. The zero-order valence-corrected chi connectivity index (χ0v) is 24.9. The van der Waals surface area contributed by atoms with E-state index in [1.807, 2.05) is 24.3 Å². The van der Waals surface area contributed by atoms with Crippen LogP contribution in [0.15, 0.2) is 54.7 Å². The van der Waals surface area contributed by atoms with Gasteiger partial charge in [-0.1, -0.05) is 29.8 Å².